The molecule has 0 saturated heterocycles. The van der Waals surface area contributed by atoms with Gasteiger partial charge in [-0.1, -0.05) is 209 Å². The number of allylic oxidation sites excluding steroid dienone is 14. The molecule has 0 unspecified atom stereocenters. The summed E-state index contributed by atoms with van der Waals surface area (Å²) in [6.45, 7) is 6.45. The minimum Gasteiger partial charge on any atom is -0.462 e. The lowest BCUT2D eigenvalue weighted by molar-refractivity contribution is -0.167. The molecular weight excluding hydrogens is 805 g/mol. The Morgan fingerprint density at radius 3 is 1.03 bits per heavy atom. The van der Waals surface area contributed by atoms with Crippen molar-refractivity contribution < 1.29 is 28.6 Å². The van der Waals surface area contributed by atoms with Crippen LogP contribution < -0.4 is 0 Å². The Bertz CT molecular complexity index is 1270. The standard InChI is InChI=1S/C59H100O6/c1-4-7-10-13-16-19-22-25-28-29-32-34-37-40-43-46-49-52-58(61)64-55-56(65-59(62)53-50-47-44-41-38-35-31-27-24-21-18-15-12-9-6-3)54-63-57(60)51-48-45-42-39-36-33-30-26-23-20-17-14-11-8-5-2/h7,10,16,19,21,24-26,28,30,32,34,40,43,56H,4-6,8-9,11-15,17-18,20,22-23,27,29,31,33,35-39,41-42,44-55H2,1-3H3/b10-7-,19-16-,24-21-,28-25-,30-26-,34-32-,43-40-/t56-/m0/s1. The highest BCUT2D eigenvalue weighted by Gasteiger charge is 2.19. The molecule has 0 amide bonds. The van der Waals surface area contributed by atoms with Crippen LogP contribution in [0.5, 0.6) is 0 Å². The molecule has 0 aliphatic heterocycles. The normalized spacial score (nSPS) is 12.7. The van der Waals surface area contributed by atoms with E-state index in [1.165, 1.54) is 122 Å². The van der Waals surface area contributed by atoms with Gasteiger partial charge in [0.05, 0.1) is 0 Å². The molecule has 0 rings (SSSR count). The van der Waals surface area contributed by atoms with Crippen LogP contribution in [-0.2, 0) is 28.6 Å². The lowest BCUT2D eigenvalue weighted by Gasteiger charge is -2.18. The highest BCUT2D eigenvalue weighted by Crippen LogP contribution is 2.14. The fourth-order valence-electron chi connectivity index (χ4n) is 7.29. The predicted molar refractivity (Wildman–Crippen MR) is 279 cm³/mol. The SMILES string of the molecule is CC/C=C\C/C=C\C/C=C\C/C=C\C/C=C\CCCC(=O)OC[C@H](COC(=O)CCCCCCC/C=C\CCCCCCCC)OC(=O)CCCCCCCCC/C=C\CCCCCC. The highest BCUT2D eigenvalue weighted by atomic mass is 16.6. The van der Waals surface area contributed by atoms with Crippen molar-refractivity contribution in [3.8, 4) is 0 Å². The quantitative estimate of drug-likeness (QED) is 0.0262. The molecule has 6 nitrogen and oxygen atoms in total. The fourth-order valence-corrected chi connectivity index (χ4v) is 7.29. The molecule has 372 valence electrons. The number of hydrogen-bond donors (Lipinski definition) is 0. The van der Waals surface area contributed by atoms with E-state index in [4.69, 9.17) is 14.2 Å². The molecule has 0 radical (unpaired) electrons. The van der Waals surface area contributed by atoms with Gasteiger partial charge in [0.25, 0.3) is 0 Å². The van der Waals surface area contributed by atoms with E-state index in [9.17, 15) is 14.4 Å². The van der Waals surface area contributed by atoms with Gasteiger partial charge in [-0.25, -0.2) is 0 Å². The number of rotatable bonds is 48. The van der Waals surface area contributed by atoms with E-state index in [2.05, 4.69) is 106 Å². The van der Waals surface area contributed by atoms with Gasteiger partial charge < -0.3 is 14.2 Å². The molecule has 0 spiro atoms. The number of esters is 3. The molecule has 0 aliphatic rings. The van der Waals surface area contributed by atoms with Gasteiger partial charge in [-0.3, -0.25) is 14.4 Å². The summed E-state index contributed by atoms with van der Waals surface area (Å²) in [5, 5.41) is 0. The van der Waals surface area contributed by atoms with Crippen molar-refractivity contribution in [1.29, 1.82) is 0 Å². The van der Waals surface area contributed by atoms with Crippen LogP contribution in [0.3, 0.4) is 0 Å². The Morgan fingerprint density at radius 2 is 0.615 bits per heavy atom. The first kappa shape index (κ1) is 61.6. The van der Waals surface area contributed by atoms with Gasteiger partial charge in [0.2, 0.25) is 0 Å². The van der Waals surface area contributed by atoms with Crippen LogP contribution in [0.1, 0.15) is 252 Å². The first-order chi connectivity index (χ1) is 32.0. The van der Waals surface area contributed by atoms with Gasteiger partial charge >= 0.3 is 17.9 Å². The Morgan fingerprint density at radius 1 is 0.323 bits per heavy atom. The van der Waals surface area contributed by atoms with E-state index in [0.29, 0.717) is 19.3 Å². The molecule has 0 aliphatic carbocycles. The predicted octanol–water partition coefficient (Wildman–Crippen LogP) is 18.0. The summed E-state index contributed by atoms with van der Waals surface area (Å²) in [6, 6.07) is 0. The average Bonchev–Trinajstić information content (AvgIpc) is 3.30. The molecular formula is C59H100O6. The third kappa shape index (κ3) is 51.4. The van der Waals surface area contributed by atoms with Gasteiger partial charge in [0, 0.05) is 19.3 Å². The Balaban J connectivity index is 4.49. The van der Waals surface area contributed by atoms with E-state index < -0.39 is 6.10 Å². The minimum absolute atomic E-state index is 0.100. The van der Waals surface area contributed by atoms with Crippen molar-refractivity contribution in [3.63, 3.8) is 0 Å². The third-order valence-electron chi connectivity index (χ3n) is 11.4. The number of ether oxygens (including phenoxy) is 3. The molecule has 1 atom stereocenters. The molecule has 0 aromatic heterocycles. The maximum Gasteiger partial charge on any atom is 0.306 e. The van der Waals surface area contributed by atoms with E-state index in [1.54, 1.807) is 0 Å². The summed E-state index contributed by atoms with van der Waals surface area (Å²) < 4.78 is 16.8. The van der Waals surface area contributed by atoms with Crippen LogP contribution in [-0.4, -0.2) is 37.2 Å². The van der Waals surface area contributed by atoms with Crippen LogP contribution in [0.15, 0.2) is 85.1 Å². The minimum atomic E-state index is -0.805. The molecule has 0 heterocycles. The second-order valence-corrected chi connectivity index (χ2v) is 17.7. The van der Waals surface area contributed by atoms with Gasteiger partial charge in [0.1, 0.15) is 13.2 Å². The van der Waals surface area contributed by atoms with E-state index >= 15 is 0 Å². The maximum atomic E-state index is 12.8. The van der Waals surface area contributed by atoms with Crippen molar-refractivity contribution in [2.45, 2.75) is 258 Å². The van der Waals surface area contributed by atoms with Crippen molar-refractivity contribution in [1.82, 2.24) is 0 Å². The lowest BCUT2D eigenvalue weighted by Crippen LogP contribution is -2.30. The lowest BCUT2D eigenvalue weighted by atomic mass is 10.1. The van der Waals surface area contributed by atoms with Crippen LogP contribution in [0.2, 0.25) is 0 Å². The van der Waals surface area contributed by atoms with Crippen LogP contribution in [0.4, 0.5) is 0 Å². The first-order valence-corrected chi connectivity index (χ1v) is 27.1. The monoisotopic (exact) mass is 905 g/mol. The third-order valence-corrected chi connectivity index (χ3v) is 11.4. The number of carbonyl (C=O) groups is 3. The molecule has 6 heteroatoms. The van der Waals surface area contributed by atoms with Gasteiger partial charge in [-0.2, -0.15) is 0 Å². The summed E-state index contributed by atoms with van der Waals surface area (Å²) in [6.07, 6.45) is 68.5. The molecule has 65 heavy (non-hydrogen) atoms. The summed E-state index contributed by atoms with van der Waals surface area (Å²) >= 11 is 0. The number of carbonyl (C=O) groups excluding carboxylic acids is 3. The van der Waals surface area contributed by atoms with E-state index in [-0.39, 0.29) is 37.5 Å². The fraction of sp³-hybridized carbons (Fsp3) is 0.712. The topological polar surface area (TPSA) is 78.9 Å². The van der Waals surface area contributed by atoms with Crippen LogP contribution in [0, 0.1) is 0 Å². The van der Waals surface area contributed by atoms with Gasteiger partial charge in [-0.05, 0) is 109 Å². The Labute approximate surface area is 401 Å². The Hall–Kier alpha value is -3.41. The first-order valence-electron chi connectivity index (χ1n) is 27.1. The van der Waals surface area contributed by atoms with Gasteiger partial charge in [-0.15, -0.1) is 0 Å². The second-order valence-electron chi connectivity index (χ2n) is 17.7. The van der Waals surface area contributed by atoms with E-state index in [0.717, 1.165) is 83.5 Å². The molecule has 0 fully saturated rings. The van der Waals surface area contributed by atoms with Crippen LogP contribution >= 0.6 is 0 Å². The van der Waals surface area contributed by atoms with Gasteiger partial charge in [0.15, 0.2) is 6.10 Å². The summed E-state index contributed by atoms with van der Waals surface area (Å²) in [7, 11) is 0. The summed E-state index contributed by atoms with van der Waals surface area (Å²) in [4.78, 5) is 38.0. The molecule has 0 N–H and O–H groups in total. The number of unbranched alkanes of at least 4 members (excludes halogenated alkanes) is 23. The van der Waals surface area contributed by atoms with Crippen LogP contribution in [0.25, 0.3) is 0 Å². The average molecular weight is 905 g/mol. The zero-order valence-electron chi connectivity index (χ0n) is 42.5. The largest absolute Gasteiger partial charge is 0.462 e. The molecule has 0 aromatic rings. The Kier molecular flexibility index (Phi) is 50.4. The summed E-state index contributed by atoms with van der Waals surface area (Å²) in [5.74, 6) is -0.971. The second kappa shape index (κ2) is 53.2. The van der Waals surface area contributed by atoms with Crippen molar-refractivity contribution in [2.24, 2.45) is 0 Å². The van der Waals surface area contributed by atoms with Crippen molar-refractivity contribution in [2.75, 3.05) is 13.2 Å². The molecule has 0 saturated carbocycles. The maximum absolute atomic E-state index is 12.8. The summed E-state index contributed by atoms with van der Waals surface area (Å²) in [5.41, 5.74) is 0. The molecule has 0 bridgehead atoms. The van der Waals surface area contributed by atoms with Crippen molar-refractivity contribution >= 4 is 17.9 Å². The van der Waals surface area contributed by atoms with Crippen molar-refractivity contribution in [3.05, 3.63) is 85.1 Å². The smallest absolute Gasteiger partial charge is 0.306 e. The number of hydrogen-bond acceptors (Lipinski definition) is 6. The molecule has 0 aromatic carbocycles. The zero-order chi connectivity index (χ0) is 47.2. The van der Waals surface area contributed by atoms with E-state index in [1.807, 2.05) is 0 Å². The zero-order valence-corrected chi connectivity index (χ0v) is 42.5. The highest BCUT2D eigenvalue weighted by molar-refractivity contribution is 5.71.